The van der Waals surface area contributed by atoms with Crippen LogP contribution in [0.2, 0.25) is 0 Å². The van der Waals surface area contributed by atoms with Gasteiger partial charge in [0, 0.05) is 16.4 Å². The standard InChI is InChI=1S/C15H13BrN2O4/c1-9-7-10(4-5-12(9)16)18-13(19)8-22-15(21)11-3-2-6-17-14(11)20/h2-7H,8H2,1H3,(H,17,20)(H,18,19). The lowest BCUT2D eigenvalue weighted by Crippen LogP contribution is -2.24. The number of aromatic nitrogens is 1. The maximum Gasteiger partial charge on any atom is 0.344 e. The number of benzene rings is 1. The van der Waals surface area contributed by atoms with Crippen molar-refractivity contribution in [1.82, 2.24) is 4.98 Å². The number of anilines is 1. The van der Waals surface area contributed by atoms with Gasteiger partial charge in [0.05, 0.1) is 0 Å². The second kappa shape index (κ2) is 7.04. The van der Waals surface area contributed by atoms with Crippen molar-refractivity contribution in [1.29, 1.82) is 0 Å². The van der Waals surface area contributed by atoms with Crippen LogP contribution >= 0.6 is 15.9 Å². The number of esters is 1. The van der Waals surface area contributed by atoms with E-state index in [1.54, 1.807) is 18.2 Å². The number of hydrogen-bond acceptors (Lipinski definition) is 4. The summed E-state index contributed by atoms with van der Waals surface area (Å²) >= 11 is 3.36. The smallest absolute Gasteiger partial charge is 0.344 e. The third-order valence-electron chi connectivity index (χ3n) is 2.81. The number of pyridine rings is 1. The Balaban J connectivity index is 1.93. The van der Waals surface area contributed by atoms with Crippen LogP contribution in [0.1, 0.15) is 15.9 Å². The lowest BCUT2D eigenvalue weighted by atomic mass is 10.2. The molecule has 0 aliphatic carbocycles. The Morgan fingerprint density at radius 3 is 2.77 bits per heavy atom. The van der Waals surface area contributed by atoms with Gasteiger partial charge in [0.15, 0.2) is 6.61 Å². The van der Waals surface area contributed by atoms with E-state index < -0.39 is 24.0 Å². The van der Waals surface area contributed by atoms with Gasteiger partial charge < -0.3 is 15.0 Å². The van der Waals surface area contributed by atoms with Crippen molar-refractivity contribution < 1.29 is 14.3 Å². The number of rotatable bonds is 4. The van der Waals surface area contributed by atoms with Crippen molar-refractivity contribution in [3.8, 4) is 0 Å². The predicted molar refractivity (Wildman–Crippen MR) is 84.9 cm³/mol. The highest BCUT2D eigenvalue weighted by molar-refractivity contribution is 9.10. The third kappa shape index (κ3) is 4.05. The first kappa shape index (κ1) is 16.0. The molecule has 0 aliphatic heterocycles. The molecule has 2 rings (SSSR count). The summed E-state index contributed by atoms with van der Waals surface area (Å²) in [6, 6.07) is 8.14. The predicted octanol–water partition coefficient (Wildman–Crippen LogP) is 2.24. The van der Waals surface area contributed by atoms with Gasteiger partial charge in [-0.15, -0.1) is 0 Å². The quantitative estimate of drug-likeness (QED) is 0.814. The van der Waals surface area contributed by atoms with E-state index in [1.807, 2.05) is 6.92 Å². The molecule has 0 saturated carbocycles. The summed E-state index contributed by atoms with van der Waals surface area (Å²) in [6.07, 6.45) is 1.40. The Labute approximate surface area is 134 Å². The van der Waals surface area contributed by atoms with Crippen molar-refractivity contribution in [3.63, 3.8) is 0 Å². The number of nitrogens with one attached hydrogen (secondary N) is 2. The van der Waals surface area contributed by atoms with Crippen LogP contribution in [0.5, 0.6) is 0 Å². The zero-order valence-corrected chi connectivity index (χ0v) is 13.3. The summed E-state index contributed by atoms with van der Waals surface area (Å²) in [6.45, 7) is 1.42. The van der Waals surface area contributed by atoms with E-state index in [4.69, 9.17) is 4.74 Å². The number of aryl methyl sites for hydroxylation is 1. The molecule has 1 aromatic heterocycles. The number of hydrogen-bond donors (Lipinski definition) is 2. The summed E-state index contributed by atoms with van der Waals surface area (Å²) < 4.78 is 5.75. The topological polar surface area (TPSA) is 88.3 Å². The van der Waals surface area contributed by atoms with Gasteiger partial charge >= 0.3 is 5.97 Å². The number of ether oxygens (including phenoxy) is 1. The molecule has 22 heavy (non-hydrogen) atoms. The summed E-state index contributed by atoms with van der Waals surface area (Å²) in [7, 11) is 0. The summed E-state index contributed by atoms with van der Waals surface area (Å²) in [5, 5.41) is 2.61. The molecular formula is C15H13BrN2O4. The van der Waals surface area contributed by atoms with E-state index in [0.717, 1.165) is 10.0 Å². The fourth-order valence-electron chi connectivity index (χ4n) is 1.71. The monoisotopic (exact) mass is 364 g/mol. The van der Waals surface area contributed by atoms with E-state index in [2.05, 4.69) is 26.2 Å². The van der Waals surface area contributed by atoms with Crippen LogP contribution < -0.4 is 10.9 Å². The van der Waals surface area contributed by atoms with Crippen LogP contribution in [-0.2, 0) is 9.53 Å². The molecule has 2 aromatic rings. The van der Waals surface area contributed by atoms with Crippen LogP contribution in [0.4, 0.5) is 5.69 Å². The molecule has 1 amide bonds. The molecule has 0 saturated heterocycles. The normalized spacial score (nSPS) is 10.1. The molecular weight excluding hydrogens is 352 g/mol. The average Bonchev–Trinajstić information content (AvgIpc) is 2.49. The molecule has 0 fully saturated rings. The first-order chi connectivity index (χ1) is 10.5. The SMILES string of the molecule is Cc1cc(NC(=O)COC(=O)c2ccc[nH]c2=O)ccc1Br. The molecule has 6 nitrogen and oxygen atoms in total. The van der Waals surface area contributed by atoms with Crippen molar-refractivity contribution in [2.24, 2.45) is 0 Å². The van der Waals surface area contributed by atoms with Crippen LogP contribution in [0, 0.1) is 6.92 Å². The molecule has 2 N–H and O–H groups in total. The van der Waals surface area contributed by atoms with E-state index in [-0.39, 0.29) is 5.56 Å². The number of carbonyl (C=O) groups is 2. The number of aromatic amines is 1. The molecule has 0 radical (unpaired) electrons. The largest absolute Gasteiger partial charge is 0.452 e. The van der Waals surface area contributed by atoms with Gasteiger partial charge in [0.2, 0.25) is 0 Å². The fraction of sp³-hybridized carbons (Fsp3) is 0.133. The van der Waals surface area contributed by atoms with Gasteiger partial charge in [-0.3, -0.25) is 9.59 Å². The molecule has 1 heterocycles. The van der Waals surface area contributed by atoms with Crippen molar-refractivity contribution in [3.05, 3.63) is 62.5 Å². The maximum absolute atomic E-state index is 11.7. The van der Waals surface area contributed by atoms with E-state index in [1.165, 1.54) is 18.3 Å². The van der Waals surface area contributed by atoms with Gasteiger partial charge in [-0.05, 0) is 42.8 Å². The van der Waals surface area contributed by atoms with Crippen molar-refractivity contribution in [2.45, 2.75) is 6.92 Å². The molecule has 0 bridgehead atoms. The van der Waals surface area contributed by atoms with Gasteiger partial charge in [0.25, 0.3) is 11.5 Å². The first-order valence-electron chi connectivity index (χ1n) is 6.38. The van der Waals surface area contributed by atoms with E-state index in [0.29, 0.717) is 5.69 Å². The summed E-state index contributed by atoms with van der Waals surface area (Å²) in [5.74, 6) is -1.33. The van der Waals surface area contributed by atoms with Crippen LogP contribution in [0.3, 0.4) is 0 Å². The highest BCUT2D eigenvalue weighted by Crippen LogP contribution is 2.19. The fourth-order valence-corrected chi connectivity index (χ4v) is 1.96. The average molecular weight is 365 g/mol. The van der Waals surface area contributed by atoms with E-state index in [9.17, 15) is 14.4 Å². The van der Waals surface area contributed by atoms with Crippen LogP contribution in [-0.4, -0.2) is 23.5 Å². The highest BCUT2D eigenvalue weighted by atomic mass is 79.9. The maximum atomic E-state index is 11.7. The van der Waals surface area contributed by atoms with Crippen LogP contribution in [0.25, 0.3) is 0 Å². The van der Waals surface area contributed by atoms with Gasteiger partial charge in [-0.1, -0.05) is 15.9 Å². The van der Waals surface area contributed by atoms with Crippen molar-refractivity contribution in [2.75, 3.05) is 11.9 Å². The number of amides is 1. The van der Waals surface area contributed by atoms with Gasteiger partial charge in [-0.25, -0.2) is 4.79 Å². The Kier molecular flexibility index (Phi) is 5.11. The minimum absolute atomic E-state index is 0.144. The highest BCUT2D eigenvalue weighted by Gasteiger charge is 2.13. The molecule has 0 spiro atoms. The summed E-state index contributed by atoms with van der Waals surface area (Å²) in [5.41, 5.74) is 0.858. The number of H-pyrrole nitrogens is 1. The second-order valence-electron chi connectivity index (χ2n) is 4.50. The van der Waals surface area contributed by atoms with Crippen LogP contribution in [0.15, 0.2) is 45.8 Å². The molecule has 7 heteroatoms. The summed E-state index contributed by atoms with van der Waals surface area (Å²) in [4.78, 5) is 37.2. The lowest BCUT2D eigenvalue weighted by Gasteiger charge is -2.07. The zero-order chi connectivity index (χ0) is 16.1. The molecule has 114 valence electrons. The minimum Gasteiger partial charge on any atom is -0.452 e. The van der Waals surface area contributed by atoms with Gasteiger partial charge in [0.1, 0.15) is 5.56 Å². The number of carbonyl (C=O) groups excluding carboxylic acids is 2. The Hall–Kier alpha value is -2.41. The molecule has 0 atom stereocenters. The molecule has 0 unspecified atom stereocenters. The Bertz CT molecular complexity index is 770. The van der Waals surface area contributed by atoms with Gasteiger partial charge in [-0.2, -0.15) is 0 Å². The second-order valence-corrected chi connectivity index (χ2v) is 5.36. The van der Waals surface area contributed by atoms with Crippen molar-refractivity contribution >= 4 is 33.5 Å². The van der Waals surface area contributed by atoms with E-state index >= 15 is 0 Å². The molecule has 0 aliphatic rings. The lowest BCUT2D eigenvalue weighted by molar-refractivity contribution is -0.119. The Morgan fingerprint density at radius 2 is 2.09 bits per heavy atom. The third-order valence-corrected chi connectivity index (χ3v) is 3.70. The Morgan fingerprint density at radius 1 is 1.32 bits per heavy atom. The minimum atomic E-state index is -0.844. The molecule has 1 aromatic carbocycles. The number of halogens is 1. The first-order valence-corrected chi connectivity index (χ1v) is 7.17. The zero-order valence-electron chi connectivity index (χ0n) is 11.7.